The predicted octanol–water partition coefficient (Wildman–Crippen LogP) is 3.86. The number of hydrogen-bond acceptors (Lipinski definition) is 5. The van der Waals surface area contributed by atoms with Gasteiger partial charge in [0.1, 0.15) is 6.54 Å². The molecule has 2 amide bonds. The molecule has 8 nitrogen and oxygen atoms in total. The first kappa shape index (κ1) is 26.0. The second kappa shape index (κ2) is 11.8. The molecule has 0 radical (unpaired) electrons. The number of aromatic nitrogens is 2. The van der Waals surface area contributed by atoms with Gasteiger partial charge in [0.05, 0.1) is 27.3 Å². The summed E-state index contributed by atoms with van der Waals surface area (Å²) in [6.45, 7) is 4.93. The fourth-order valence-electron chi connectivity index (χ4n) is 4.22. The molecule has 1 fully saturated rings. The van der Waals surface area contributed by atoms with Crippen LogP contribution in [0.3, 0.4) is 0 Å². The van der Waals surface area contributed by atoms with Gasteiger partial charge in [-0.25, -0.2) is 4.98 Å². The lowest BCUT2D eigenvalue weighted by molar-refractivity contribution is -0.131. The van der Waals surface area contributed by atoms with Crippen LogP contribution in [-0.4, -0.2) is 52.4 Å². The van der Waals surface area contributed by atoms with Gasteiger partial charge in [0.2, 0.25) is 11.8 Å². The fraction of sp³-hybridized carbons (Fsp3) is 0.385. The minimum Gasteiger partial charge on any atom is -0.368 e. The summed E-state index contributed by atoms with van der Waals surface area (Å²) >= 11 is 12.0. The van der Waals surface area contributed by atoms with Crippen LogP contribution in [0.1, 0.15) is 31.7 Å². The van der Waals surface area contributed by atoms with E-state index in [9.17, 15) is 14.4 Å². The molecule has 0 unspecified atom stereocenters. The Morgan fingerprint density at radius 1 is 1.03 bits per heavy atom. The molecule has 36 heavy (non-hydrogen) atoms. The number of rotatable bonds is 8. The second-order valence-corrected chi connectivity index (χ2v) is 9.69. The summed E-state index contributed by atoms with van der Waals surface area (Å²) < 4.78 is 1.31. The van der Waals surface area contributed by atoms with Gasteiger partial charge in [0.25, 0.3) is 5.56 Å². The lowest BCUT2D eigenvalue weighted by Crippen LogP contribution is -2.48. The Bertz CT molecular complexity index is 1320. The number of fused-ring (bicyclic) bond motifs is 1. The van der Waals surface area contributed by atoms with E-state index in [-0.39, 0.29) is 30.5 Å². The molecule has 10 heteroatoms. The quantitative estimate of drug-likeness (QED) is 0.478. The summed E-state index contributed by atoms with van der Waals surface area (Å²) in [4.78, 5) is 46.4. The zero-order valence-corrected chi connectivity index (χ0v) is 21.7. The van der Waals surface area contributed by atoms with Crippen LogP contribution >= 0.6 is 23.2 Å². The van der Waals surface area contributed by atoms with Gasteiger partial charge >= 0.3 is 0 Å². The first-order valence-corrected chi connectivity index (χ1v) is 12.8. The van der Waals surface area contributed by atoms with Gasteiger partial charge in [-0.05, 0) is 42.3 Å². The van der Waals surface area contributed by atoms with Gasteiger partial charge in [-0.3, -0.25) is 19.0 Å². The van der Waals surface area contributed by atoms with E-state index in [0.29, 0.717) is 53.5 Å². The summed E-state index contributed by atoms with van der Waals surface area (Å²) in [6.07, 6.45) is 3.91. The number of hydrogen-bond donors (Lipinski definition) is 1. The molecule has 1 N–H and O–H groups in total. The molecule has 1 aromatic heterocycles. The van der Waals surface area contributed by atoms with Gasteiger partial charge in [-0.15, -0.1) is 0 Å². The zero-order valence-electron chi connectivity index (χ0n) is 20.2. The minimum absolute atomic E-state index is 0.147. The molecule has 190 valence electrons. The number of anilines is 1. The van der Waals surface area contributed by atoms with E-state index >= 15 is 0 Å². The van der Waals surface area contributed by atoms with Gasteiger partial charge in [-0.2, -0.15) is 0 Å². The lowest BCUT2D eigenvalue weighted by Gasteiger charge is -2.36. The number of nitrogens with one attached hydrogen (secondary N) is 1. The minimum atomic E-state index is -0.315. The number of halogens is 2. The summed E-state index contributed by atoms with van der Waals surface area (Å²) in [5, 5.41) is 4.10. The van der Waals surface area contributed by atoms with Crippen molar-refractivity contribution in [2.45, 2.75) is 39.3 Å². The molecule has 4 rings (SSSR count). The smallest absolute Gasteiger partial charge is 0.261 e. The summed E-state index contributed by atoms with van der Waals surface area (Å²) in [7, 11) is 0. The van der Waals surface area contributed by atoms with E-state index in [1.165, 1.54) is 10.9 Å². The van der Waals surface area contributed by atoms with Crippen molar-refractivity contribution >= 4 is 51.6 Å². The average molecular weight is 530 g/mol. The van der Waals surface area contributed by atoms with E-state index < -0.39 is 0 Å². The fourth-order valence-corrected chi connectivity index (χ4v) is 4.54. The number of piperazine rings is 1. The lowest BCUT2D eigenvalue weighted by atomic mass is 10.1. The maximum Gasteiger partial charge on any atom is 0.261 e. The van der Waals surface area contributed by atoms with E-state index in [2.05, 4.69) is 22.1 Å². The van der Waals surface area contributed by atoms with Crippen molar-refractivity contribution in [1.29, 1.82) is 0 Å². The molecule has 1 aliphatic rings. The highest BCUT2D eigenvalue weighted by atomic mass is 35.5. The van der Waals surface area contributed by atoms with Crippen molar-refractivity contribution in [1.82, 2.24) is 19.8 Å². The number of nitrogens with zero attached hydrogens (tertiary/aromatic N) is 4. The molecule has 1 saturated heterocycles. The Labute approximate surface area is 219 Å². The molecule has 2 aromatic carbocycles. The third-order valence-corrected chi connectivity index (χ3v) is 7.08. The van der Waals surface area contributed by atoms with Crippen molar-refractivity contribution in [2.24, 2.45) is 0 Å². The highest BCUT2D eigenvalue weighted by Gasteiger charge is 2.21. The Hall–Kier alpha value is -3.10. The number of amides is 2. The van der Waals surface area contributed by atoms with Crippen LogP contribution in [0.15, 0.2) is 47.5 Å². The van der Waals surface area contributed by atoms with Gasteiger partial charge in [0, 0.05) is 44.8 Å². The van der Waals surface area contributed by atoms with Crippen LogP contribution in [0.25, 0.3) is 10.9 Å². The molecule has 0 atom stereocenters. The van der Waals surface area contributed by atoms with E-state index in [4.69, 9.17) is 23.2 Å². The largest absolute Gasteiger partial charge is 0.368 e. The standard InChI is InChI=1S/C26H29Cl2N5O3/c1-2-3-4-25(35)32-11-9-31(10-12-32)19-6-8-23-20(14-19)26(36)33(17-30-23)16-24(34)29-15-18-5-7-21(27)22(28)13-18/h5-8,13-14,17H,2-4,9-12,15-16H2,1H3,(H,29,34). The van der Waals surface area contributed by atoms with Crippen LogP contribution in [-0.2, 0) is 22.7 Å². The van der Waals surface area contributed by atoms with Crippen LogP contribution < -0.4 is 15.8 Å². The second-order valence-electron chi connectivity index (χ2n) is 8.88. The Morgan fingerprint density at radius 3 is 2.53 bits per heavy atom. The van der Waals surface area contributed by atoms with Crippen LogP contribution in [0, 0.1) is 0 Å². The summed E-state index contributed by atoms with van der Waals surface area (Å²) in [6, 6.07) is 10.7. The van der Waals surface area contributed by atoms with Gasteiger partial charge in [-0.1, -0.05) is 42.6 Å². The van der Waals surface area contributed by atoms with Gasteiger partial charge in [0.15, 0.2) is 0 Å². The normalized spacial score (nSPS) is 13.8. The predicted molar refractivity (Wildman–Crippen MR) is 143 cm³/mol. The van der Waals surface area contributed by atoms with E-state index in [0.717, 1.165) is 24.1 Å². The highest BCUT2D eigenvalue weighted by molar-refractivity contribution is 6.42. The monoisotopic (exact) mass is 529 g/mol. The third kappa shape index (κ3) is 6.17. The van der Waals surface area contributed by atoms with E-state index in [1.807, 2.05) is 23.1 Å². The van der Waals surface area contributed by atoms with Crippen molar-refractivity contribution in [2.75, 3.05) is 31.1 Å². The van der Waals surface area contributed by atoms with Gasteiger partial charge < -0.3 is 15.1 Å². The Balaban J connectivity index is 1.41. The average Bonchev–Trinajstić information content (AvgIpc) is 2.89. The summed E-state index contributed by atoms with van der Waals surface area (Å²) in [5.41, 5.74) is 2.01. The number of carbonyl (C=O) groups is 2. The number of carbonyl (C=O) groups excluding carboxylic acids is 2. The molecule has 0 saturated carbocycles. The highest BCUT2D eigenvalue weighted by Crippen LogP contribution is 2.23. The first-order valence-electron chi connectivity index (χ1n) is 12.1. The molecule has 1 aliphatic heterocycles. The van der Waals surface area contributed by atoms with Crippen LogP contribution in [0.5, 0.6) is 0 Å². The molecule has 0 aliphatic carbocycles. The topological polar surface area (TPSA) is 87.5 Å². The SMILES string of the molecule is CCCCC(=O)N1CCN(c2ccc3ncn(CC(=O)NCc4ccc(Cl)c(Cl)c4)c(=O)c3c2)CC1. The van der Waals surface area contributed by atoms with Crippen molar-refractivity contribution in [3.05, 3.63) is 68.7 Å². The van der Waals surface area contributed by atoms with Crippen molar-refractivity contribution in [3.63, 3.8) is 0 Å². The molecular formula is C26H29Cl2N5O3. The van der Waals surface area contributed by atoms with Crippen molar-refractivity contribution < 1.29 is 9.59 Å². The summed E-state index contributed by atoms with van der Waals surface area (Å²) in [5.74, 6) is -0.108. The van der Waals surface area contributed by atoms with Crippen LogP contribution in [0.2, 0.25) is 10.0 Å². The Morgan fingerprint density at radius 2 is 1.81 bits per heavy atom. The maximum absolute atomic E-state index is 13.1. The maximum atomic E-state index is 13.1. The zero-order chi connectivity index (χ0) is 25.7. The number of unbranched alkanes of at least 4 members (excludes halogenated alkanes) is 1. The van der Waals surface area contributed by atoms with E-state index in [1.54, 1.807) is 18.2 Å². The number of benzene rings is 2. The molecule has 3 aromatic rings. The Kier molecular flexibility index (Phi) is 8.48. The first-order chi connectivity index (χ1) is 17.4. The molecular weight excluding hydrogens is 501 g/mol. The molecule has 2 heterocycles. The van der Waals surface area contributed by atoms with Crippen molar-refractivity contribution in [3.8, 4) is 0 Å². The van der Waals surface area contributed by atoms with Crippen LogP contribution in [0.4, 0.5) is 5.69 Å². The molecule has 0 spiro atoms. The molecule has 0 bridgehead atoms. The third-order valence-electron chi connectivity index (χ3n) is 6.34.